The third-order valence-electron chi connectivity index (χ3n) is 2.73. The van der Waals surface area contributed by atoms with Gasteiger partial charge in [-0.3, -0.25) is 4.79 Å². The number of ether oxygens (including phenoxy) is 1. The van der Waals surface area contributed by atoms with Crippen molar-refractivity contribution in [2.75, 3.05) is 18.2 Å². The number of carboxylic acids is 1. The van der Waals surface area contributed by atoms with Crippen LogP contribution in [0.25, 0.3) is 0 Å². The number of nitrogens with zero attached hydrogens (tertiary/aromatic N) is 1. The average Bonchev–Trinajstić information content (AvgIpc) is 2.86. The topological polar surface area (TPSA) is 66.8 Å². The van der Waals surface area contributed by atoms with E-state index in [-0.39, 0.29) is 12.5 Å². The van der Waals surface area contributed by atoms with Crippen molar-refractivity contribution < 1.29 is 19.4 Å². The molecule has 0 bridgehead atoms. The number of aliphatic carboxylic acids is 1. The molecular weight excluding hydrogens is 325 g/mol. The minimum atomic E-state index is -1.01. The second-order valence-electron chi connectivity index (χ2n) is 4.08. The highest BCUT2D eigenvalue weighted by molar-refractivity contribution is 7.99. The molecule has 1 aliphatic heterocycles. The molecule has 108 valence electrons. The molecule has 0 aromatic heterocycles. The predicted octanol–water partition coefficient (Wildman–Crippen LogP) is 2.36. The quantitative estimate of drug-likeness (QED) is 0.914. The number of hydrogen-bond donors (Lipinski definition) is 1. The fraction of sp³-hybridized carbons (Fsp3) is 0.333. The fourth-order valence-corrected chi connectivity index (χ4v) is 3.34. The van der Waals surface area contributed by atoms with Crippen molar-refractivity contribution in [2.45, 2.75) is 6.04 Å². The summed E-state index contributed by atoms with van der Waals surface area (Å²) in [6, 6.07) is 3.87. The van der Waals surface area contributed by atoms with Gasteiger partial charge in [-0.05, 0) is 18.2 Å². The van der Waals surface area contributed by atoms with Crippen LogP contribution in [0, 0.1) is 0 Å². The van der Waals surface area contributed by atoms with Crippen molar-refractivity contribution in [1.82, 2.24) is 4.90 Å². The zero-order chi connectivity index (χ0) is 14.7. The number of thioether (sulfide) groups is 1. The van der Waals surface area contributed by atoms with Gasteiger partial charge in [0.15, 0.2) is 6.61 Å². The van der Waals surface area contributed by atoms with Gasteiger partial charge in [-0.15, -0.1) is 11.8 Å². The standard InChI is InChI=1S/C12H11Cl2NO4S/c13-7-1-2-10(8(14)3-7)19-4-11(16)15-6-20-5-9(15)12(17)18/h1-3,9H,4-6H2,(H,17,18)/t9-/m0/s1. The highest BCUT2D eigenvalue weighted by Gasteiger charge is 2.34. The van der Waals surface area contributed by atoms with Crippen molar-refractivity contribution >= 4 is 46.8 Å². The molecule has 0 radical (unpaired) electrons. The van der Waals surface area contributed by atoms with Crippen LogP contribution in [-0.2, 0) is 9.59 Å². The summed E-state index contributed by atoms with van der Waals surface area (Å²) in [6.45, 7) is -0.258. The molecule has 1 fully saturated rings. The van der Waals surface area contributed by atoms with E-state index in [2.05, 4.69) is 0 Å². The second-order valence-corrected chi connectivity index (χ2v) is 5.92. The first-order valence-corrected chi connectivity index (χ1v) is 7.58. The normalized spacial score (nSPS) is 18.1. The van der Waals surface area contributed by atoms with Crippen LogP contribution in [0.3, 0.4) is 0 Å². The summed E-state index contributed by atoms with van der Waals surface area (Å²) in [5, 5.41) is 9.78. The largest absolute Gasteiger partial charge is 0.482 e. The number of benzene rings is 1. The number of hydrogen-bond acceptors (Lipinski definition) is 4. The van der Waals surface area contributed by atoms with E-state index in [1.807, 2.05) is 0 Å². The van der Waals surface area contributed by atoms with Gasteiger partial charge in [-0.1, -0.05) is 23.2 Å². The first kappa shape index (κ1) is 15.3. The van der Waals surface area contributed by atoms with Crippen molar-refractivity contribution in [3.63, 3.8) is 0 Å². The van der Waals surface area contributed by atoms with Gasteiger partial charge < -0.3 is 14.7 Å². The number of rotatable bonds is 4. The molecule has 2 rings (SSSR count). The van der Waals surface area contributed by atoms with Crippen LogP contribution in [0.2, 0.25) is 10.0 Å². The monoisotopic (exact) mass is 335 g/mol. The molecule has 0 unspecified atom stereocenters. The Kier molecular flexibility index (Phi) is 5.01. The molecule has 1 heterocycles. The summed E-state index contributed by atoms with van der Waals surface area (Å²) >= 11 is 13.1. The molecule has 20 heavy (non-hydrogen) atoms. The van der Waals surface area contributed by atoms with Gasteiger partial charge in [-0.2, -0.15) is 0 Å². The number of carbonyl (C=O) groups excluding carboxylic acids is 1. The van der Waals surface area contributed by atoms with Gasteiger partial charge in [0.05, 0.1) is 10.9 Å². The summed E-state index contributed by atoms with van der Waals surface area (Å²) in [7, 11) is 0. The lowest BCUT2D eigenvalue weighted by atomic mass is 10.3. The van der Waals surface area contributed by atoms with E-state index >= 15 is 0 Å². The number of carboxylic acid groups (broad SMARTS) is 1. The molecule has 1 aromatic carbocycles. The van der Waals surface area contributed by atoms with Gasteiger partial charge in [-0.25, -0.2) is 4.79 Å². The molecule has 1 saturated heterocycles. The molecule has 5 nitrogen and oxygen atoms in total. The van der Waals surface area contributed by atoms with Crippen LogP contribution in [0.1, 0.15) is 0 Å². The molecule has 1 N–H and O–H groups in total. The minimum absolute atomic E-state index is 0.258. The Bertz CT molecular complexity index is 540. The molecular formula is C12H11Cl2NO4S. The lowest BCUT2D eigenvalue weighted by Gasteiger charge is -2.20. The van der Waals surface area contributed by atoms with E-state index in [0.29, 0.717) is 27.4 Å². The molecule has 1 atom stereocenters. The first-order valence-electron chi connectivity index (χ1n) is 5.67. The molecule has 1 aromatic rings. The molecule has 0 spiro atoms. The Morgan fingerprint density at radius 1 is 1.45 bits per heavy atom. The van der Waals surface area contributed by atoms with E-state index in [1.54, 1.807) is 12.1 Å². The number of carbonyl (C=O) groups is 2. The summed E-state index contributed by atoms with van der Waals surface area (Å²) < 4.78 is 5.31. The molecule has 1 aliphatic rings. The third kappa shape index (κ3) is 3.50. The molecule has 0 aliphatic carbocycles. The van der Waals surface area contributed by atoms with E-state index in [0.717, 1.165) is 0 Å². The van der Waals surface area contributed by atoms with Gasteiger partial charge in [0.1, 0.15) is 11.8 Å². The van der Waals surface area contributed by atoms with Gasteiger partial charge in [0, 0.05) is 10.8 Å². The van der Waals surface area contributed by atoms with Gasteiger partial charge in [0.2, 0.25) is 0 Å². The third-order valence-corrected chi connectivity index (χ3v) is 4.28. The number of halogens is 2. The van der Waals surface area contributed by atoms with Crippen molar-refractivity contribution in [3.8, 4) is 5.75 Å². The van der Waals surface area contributed by atoms with Crippen LogP contribution in [0.5, 0.6) is 5.75 Å². The maximum atomic E-state index is 12.0. The van der Waals surface area contributed by atoms with Crippen LogP contribution < -0.4 is 4.74 Å². The minimum Gasteiger partial charge on any atom is -0.482 e. The van der Waals surface area contributed by atoms with Crippen molar-refractivity contribution in [1.29, 1.82) is 0 Å². The lowest BCUT2D eigenvalue weighted by molar-refractivity contribution is -0.148. The summed E-state index contributed by atoms with van der Waals surface area (Å²) in [5.74, 6) is -0.305. The Hall–Kier alpha value is -1.11. The van der Waals surface area contributed by atoms with Crippen molar-refractivity contribution in [3.05, 3.63) is 28.2 Å². The van der Waals surface area contributed by atoms with Gasteiger partial charge in [0.25, 0.3) is 5.91 Å². The van der Waals surface area contributed by atoms with E-state index in [4.69, 9.17) is 33.0 Å². The summed E-state index contributed by atoms with van der Waals surface area (Å²) in [4.78, 5) is 24.3. The molecule has 0 saturated carbocycles. The lowest BCUT2D eigenvalue weighted by Crippen LogP contribution is -2.43. The first-order chi connectivity index (χ1) is 9.49. The maximum absolute atomic E-state index is 12.0. The Morgan fingerprint density at radius 3 is 2.85 bits per heavy atom. The van der Waals surface area contributed by atoms with Crippen LogP contribution in [0.4, 0.5) is 0 Å². The number of amides is 1. The Labute approximate surface area is 129 Å². The molecule has 1 amide bonds. The Balaban J connectivity index is 1.96. The highest BCUT2D eigenvalue weighted by atomic mass is 35.5. The SMILES string of the molecule is O=C(O)[C@@H]1CSCN1C(=O)COc1ccc(Cl)cc1Cl. The van der Waals surface area contributed by atoms with E-state index in [9.17, 15) is 9.59 Å². The zero-order valence-electron chi connectivity index (χ0n) is 10.2. The van der Waals surface area contributed by atoms with E-state index in [1.165, 1.54) is 22.7 Å². The summed E-state index contributed by atoms with van der Waals surface area (Å²) in [6.07, 6.45) is 0. The maximum Gasteiger partial charge on any atom is 0.327 e. The second kappa shape index (κ2) is 6.56. The fourth-order valence-electron chi connectivity index (χ4n) is 1.71. The summed E-state index contributed by atoms with van der Waals surface area (Å²) in [5.41, 5.74) is 0. The van der Waals surface area contributed by atoms with Crippen LogP contribution >= 0.6 is 35.0 Å². The predicted molar refractivity (Wildman–Crippen MR) is 77.6 cm³/mol. The highest BCUT2D eigenvalue weighted by Crippen LogP contribution is 2.28. The van der Waals surface area contributed by atoms with E-state index < -0.39 is 12.0 Å². The van der Waals surface area contributed by atoms with Gasteiger partial charge >= 0.3 is 5.97 Å². The van der Waals surface area contributed by atoms with Crippen LogP contribution in [0.15, 0.2) is 18.2 Å². The van der Waals surface area contributed by atoms with Crippen molar-refractivity contribution in [2.24, 2.45) is 0 Å². The smallest absolute Gasteiger partial charge is 0.327 e. The zero-order valence-corrected chi connectivity index (χ0v) is 12.5. The van der Waals surface area contributed by atoms with Crippen LogP contribution in [-0.4, -0.2) is 46.2 Å². The average molecular weight is 336 g/mol. The Morgan fingerprint density at radius 2 is 2.20 bits per heavy atom. The molecule has 8 heteroatoms.